The van der Waals surface area contributed by atoms with Crippen molar-refractivity contribution in [3.05, 3.63) is 34.6 Å². The van der Waals surface area contributed by atoms with Crippen LogP contribution in [0.1, 0.15) is 51.4 Å². The number of aromatic nitrogens is 2. The molecule has 2 aromatic heterocycles. The summed E-state index contributed by atoms with van der Waals surface area (Å²) in [6.07, 6.45) is 5.01. The molecule has 3 aliphatic rings. The molecule has 3 aliphatic heterocycles. The number of aromatic amines is 2. The standard InChI is InChI=1S/C22H29N5O3/c28-12-19-17(11-23-10-15-13-30-14-15)9-20(24-19)27-7-3-4-16-8-18(25-21(16)27)22(29)26-5-1-2-6-26/h8-9,12,15,23-25H,1-7,10-11,13-14H2. The molecule has 3 N–H and O–H groups in total. The number of rotatable bonds is 7. The summed E-state index contributed by atoms with van der Waals surface area (Å²) in [6, 6.07) is 4.06. The van der Waals surface area contributed by atoms with E-state index in [0.29, 0.717) is 23.9 Å². The highest BCUT2D eigenvalue weighted by Crippen LogP contribution is 2.34. The van der Waals surface area contributed by atoms with E-state index < -0.39 is 0 Å². The van der Waals surface area contributed by atoms with Crippen LogP contribution in [0.2, 0.25) is 0 Å². The van der Waals surface area contributed by atoms with Gasteiger partial charge in [-0.1, -0.05) is 0 Å². The van der Waals surface area contributed by atoms with Gasteiger partial charge in [-0.05, 0) is 48.9 Å². The summed E-state index contributed by atoms with van der Waals surface area (Å²) >= 11 is 0. The van der Waals surface area contributed by atoms with Crippen molar-refractivity contribution in [2.45, 2.75) is 32.2 Å². The van der Waals surface area contributed by atoms with Crippen molar-refractivity contribution in [2.75, 3.05) is 44.3 Å². The Morgan fingerprint density at radius 2 is 2.00 bits per heavy atom. The van der Waals surface area contributed by atoms with E-state index in [-0.39, 0.29) is 5.91 Å². The first kappa shape index (κ1) is 19.4. The molecule has 2 fully saturated rings. The van der Waals surface area contributed by atoms with Crippen LogP contribution >= 0.6 is 0 Å². The fraction of sp³-hybridized carbons (Fsp3) is 0.545. The maximum atomic E-state index is 12.8. The van der Waals surface area contributed by atoms with Gasteiger partial charge in [-0.2, -0.15) is 0 Å². The summed E-state index contributed by atoms with van der Waals surface area (Å²) in [6.45, 7) is 5.69. The molecule has 0 bridgehead atoms. The molecule has 0 unspecified atom stereocenters. The van der Waals surface area contributed by atoms with Gasteiger partial charge in [-0.25, -0.2) is 0 Å². The summed E-state index contributed by atoms with van der Waals surface area (Å²) in [5.41, 5.74) is 3.40. The largest absolute Gasteiger partial charge is 0.381 e. The Hall–Kier alpha value is -2.58. The summed E-state index contributed by atoms with van der Waals surface area (Å²) in [7, 11) is 0. The normalized spacial score (nSPS) is 19.1. The molecule has 0 radical (unpaired) electrons. The minimum atomic E-state index is 0.0896. The summed E-state index contributed by atoms with van der Waals surface area (Å²) in [4.78, 5) is 35.2. The van der Waals surface area contributed by atoms with Gasteiger partial charge < -0.3 is 29.8 Å². The van der Waals surface area contributed by atoms with E-state index in [1.165, 1.54) is 0 Å². The lowest BCUT2D eigenvalue weighted by Gasteiger charge is -2.27. The van der Waals surface area contributed by atoms with Crippen LogP contribution in [-0.4, -0.2) is 66.5 Å². The zero-order chi connectivity index (χ0) is 20.5. The quantitative estimate of drug-likeness (QED) is 0.608. The molecule has 2 aromatic rings. The van der Waals surface area contributed by atoms with Crippen LogP contribution in [0.5, 0.6) is 0 Å². The third kappa shape index (κ3) is 3.65. The van der Waals surface area contributed by atoms with Gasteiger partial charge in [0.2, 0.25) is 0 Å². The predicted octanol–water partition coefficient (Wildman–Crippen LogP) is 2.21. The molecule has 30 heavy (non-hydrogen) atoms. The van der Waals surface area contributed by atoms with Crippen molar-refractivity contribution in [3.63, 3.8) is 0 Å². The molecule has 0 aromatic carbocycles. The van der Waals surface area contributed by atoms with Crippen LogP contribution in [0, 0.1) is 5.92 Å². The van der Waals surface area contributed by atoms with Gasteiger partial charge in [0.15, 0.2) is 6.29 Å². The summed E-state index contributed by atoms with van der Waals surface area (Å²) < 4.78 is 5.21. The Kier molecular flexibility index (Phi) is 5.35. The Morgan fingerprint density at radius 1 is 1.17 bits per heavy atom. The third-order valence-electron chi connectivity index (χ3n) is 6.38. The number of H-pyrrole nitrogens is 2. The van der Waals surface area contributed by atoms with Crippen molar-refractivity contribution in [2.24, 2.45) is 5.92 Å². The topological polar surface area (TPSA) is 93.5 Å². The van der Waals surface area contributed by atoms with E-state index in [4.69, 9.17) is 4.74 Å². The lowest BCUT2D eigenvalue weighted by atomic mass is 10.1. The Bertz CT molecular complexity index is 923. The summed E-state index contributed by atoms with van der Waals surface area (Å²) in [5.74, 6) is 2.52. The monoisotopic (exact) mass is 411 g/mol. The SMILES string of the molecule is O=Cc1[nH]c(N2CCCc3cc(C(=O)N4CCCC4)[nH]c32)cc1CNCC1COC1. The highest BCUT2D eigenvalue weighted by atomic mass is 16.5. The minimum Gasteiger partial charge on any atom is -0.381 e. The second-order valence-corrected chi connectivity index (χ2v) is 8.56. The van der Waals surface area contributed by atoms with E-state index >= 15 is 0 Å². The van der Waals surface area contributed by atoms with Crippen molar-refractivity contribution >= 4 is 23.8 Å². The number of hydrogen-bond donors (Lipinski definition) is 3. The highest BCUT2D eigenvalue weighted by Gasteiger charge is 2.27. The van der Waals surface area contributed by atoms with Crippen molar-refractivity contribution in [1.29, 1.82) is 0 Å². The maximum absolute atomic E-state index is 12.8. The first-order valence-corrected chi connectivity index (χ1v) is 11.0. The molecule has 160 valence electrons. The van der Waals surface area contributed by atoms with E-state index in [0.717, 1.165) is 94.1 Å². The molecular weight excluding hydrogens is 382 g/mol. The number of fused-ring (bicyclic) bond motifs is 1. The third-order valence-corrected chi connectivity index (χ3v) is 6.38. The molecule has 1 amide bonds. The average Bonchev–Trinajstić information content (AvgIpc) is 3.48. The van der Waals surface area contributed by atoms with Gasteiger partial charge >= 0.3 is 0 Å². The van der Waals surface area contributed by atoms with Crippen molar-refractivity contribution in [1.82, 2.24) is 20.2 Å². The minimum absolute atomic E-state index is 0.0896. The van der Waals surface area contributed by atoms with Gasteiger partial charge in [0.05, 0.1) is 18.9 Å². The molecule has 2 saturated heterocycles. The Labute approximate surface area is 176 Å². The van der Waals surface area contributed by atoms with Gasteiger partial charge in [0.25, 0.3) is 5.91 Å². The average molecular weight is 412 g/mol. The first-order valence-electron chi connectivity index (χ1n) is 11.0. The molecular formula is C22H29N5O3. The fourth-order valence-electron chi connectivity index (χ4n) is 4.61. The molecule has 0 spiro atoms. The number of anilines is 2. The van der Waals surface area contributed by atoms with Crippen molar-refractivity contribution in [3.8, 4) is 0 Å². The molecule has 8 heteroatoms. The van der Waals surface area contributed by atoms with Crippen LogP contribution in [0.15, 0.2) is 12.1 Å². The summed E-state index contributed by atoms with van der Waals surface area (Å²) in [5, 5.41) is 3.43. The number of nitrogens with zero attached hydrogens (tertiary/aromatic N) is 2. The van der Waals surface area contributed by atoms with Gasteiger partial charge in [0, 0.05) is 38.6 Å². The van der Waals surface area contributed by atoms with Crippen LogP contribution in [0.4, 0.5) is 11.6 Å². The number of amides is 1. The van der Waals surface area contributed by atoms with Gasteiger partial charge in [-0.3, -0.25) is 9.59 Å². The zero-order valence-electron chi connectivity index (χ0n) is 17.2. The lowest BCUT2D eigenvalue weighted by Crippen LogP contribution is -2.36. The highest BCUT2D eigenvalue weighted by molar-refractivity contribution is 5.94. The van der Waals surface area contributed by atoms with E-state index in [2.05, 4.69) is 20.2 Å². The maximum Gasteiger partial charge on any atom is 0.270 e. The molecule has 5 heterocycles. The number of hydrogen-bond acceptors (Lipinski definition) is 5. The molecule has 8 nitrogen and oxygen atoms in total. The second kappa shape index (κ2) is 8.28. The van der Waals surface area contributed by atoms with Crippen LogP contribution < -0.4 is 10.2 Å². The molecule has 0 saturated carbocycles. The first-order chi connectivity index (χ1) is 14.7. The molecule has 5 rings (SSSR count). The van der Waals surface area contributed by atoms with Crippen LogP contribution in [-0.2, 0) is 17.7 Å². The zero-order valence-corrected chi connectivity index (χ0v) is 17.2. The Morgan fingerprint density at radius 3 is 2.73 bits per heavy atom. The number of aldehydes is 1. The van der Waals surface area contributed by atoms with Crippen molar-refractivity contribution < 1.29 is 14.3 Å². The fourth-order valence-corrected chi connectivity index (χ4v) is 4.61. The lowest BCUT2D eigenvalue weighted by molar-refractivity contribution is -0.0307. The second-order valence-electron chi connectivity index (χ2n) is 8.56. The smallest absolute Gasteiger partial charge is 0.270 e. The van der Waals surface area contributed by atoms with E-state index in [9.17, 15) is 9.59 Å². The number of aryl methyl sites for hydroxylation is 1. The number of ether oxygens (including phenoxy) is 1. The van der Waals surface area contributed by atoms with E-state index in [1.807, 2.05) is 17.0 Å². The predicted molar refractivity (Wildman–Crippen MR) is 113 cm³/mol. The van der Waals surface area contributed by atoms with Gasteiger partial charge in [-0.15, -0.1) is 0 Å². The molecule has 0 aliphatic carbocycles. The van der Waals surface area contributed by atoms with Crippen LogP contribution in [0.25, 0.3) is 0 Å². The van der Waals surface area contributed by atoms with Crippen LogP contribution in [0.3, 0.4) is 0 Å². The van der Waals surface area contributed by atoms with Gasteiger partial charge in [0.1, 0.15) is 17.3 Å². The number of nitrogens with one attached hydrogen (secondary N) is 3. The number of likely N-dealkylation sites (tertiary alicyclic amines) is 1. The van der Waals surface area contributed by atoms with E-state index in [1.54, 1.807) is 0 Å². The number of carbonyl (C=O) groups excluding carboxylic acids is 2. The Balaban J connectivity index is 1.34. The molecule has 0 atom stereocenters. The number of carbonyl (C=O) groups is 2.